The van der Waals surface area contributed by atoms with Crippen LogP contribution in [0.5, 0.6) is 0 Å². The third-order valence-electron chi connectivity index (χ3n) is 3.63. The van der Waals surface area contributed by atoms with Crippen molar-refractivity contribution >= 4 is 16.7 Å². The van der Waals surface area contributed by atoms with E-state index >= 15 is 0 Å². The lowest BCUT2D eigenvalue weighted by molar-refractivity contribution is 0.762. The Labute approximate surface area is 124 Å². The van der Waals surface area contributed by atoms with Crippen molar-refractivity contribution in [1.29, 1.82) is 0 Å². The summed E-state index contributed by atoms with van der Waals surface area (Å²) in [7, 11) is 0. The average Bonchev–Trinajstić information content (AvgIpc) is 2.53. The Bertz CT molecular complexity index is 738. The third-order valence-corrected chi connectivity index (χ3v) is 3.63. The second-order valence-electron chi connectivity index (χ2n) is 5.24. The number of rotatable bonds is 4. The van der Waals surface area contributed by atoms with Gasteiger partial charge >= 0.3 is 0 Å². The molecule has 106 valence electrons. The van der Waals surface area contributed by atoms with Gasteiger partial charge in [0, 0.05) is 18.0 Å². The van der Waals surface area contributed by atoms with E-state index in [0.29, 0.717) is 6.54 Å². The summed E-state index contributed by atoms with van der Waals surface area (Å²) in [6.07, 6.45) is 0. The highest BCUT2D eigenvalue weighted by molar-refractivity contribution is 5.81. The number of nitrogens with one attached hydrogen (secondary N) is 1. The van der Waals surface area contributed by atoms with Crippen LogP contribution in [0.15, 0.2) is 60.7 Å². The van der Waals surface area contributed by atoms with E-state index in [1.54, 1.807) is 0 Å². The second kappa shape index (κ2) is 5.94. The smallest absolute Gasteiger partial charge is 0.129 e. The molecule has 0 aliphatic carbocycles. The van der Waals surface area contributed by atoms with Crippen molar-refractivity contribution in [2.24, 2.45) is 5.73 Å². The number of hydrogen-bond donors (Lipinski definition) is 2. The summed E-state index contributed by atoms with van der Waals surface area (Å²) < 4.78 is 0. The Hall–Kier alpha value is -2.39. The molecule has 1 atom stereocenters. The predicted molar refractivity (Wildman–Crippen MR) is 88.3 cm³/mol. The maximum absolute atomic E-state index is 6.22. The van der Waals surface area contributed by atoms with Crippen molar-refractivity contribution in [2.75, 3.05) is 11.9 Å². The van der Waals surface area contributed by atoms with Gasteiger partial charge in [-0.25, -0.2) is 4.98 Å². The van der Waals surface area contributed by atoms with Gasteiger partial charge in [0.05, 0.1) is 5.52 Å². The van der Waals surface area contributed by atoms with Gasteiger partial charge in [0.1, 0.15) is 5.82 Å². The Morgan fingerprint density at radius 1 is 1.05 bits per heavy atom. The molecular formula is C18H19N3. The van der Waals surface area contributed by atoms with Crippen LogP contribution >= 0.6 is 0 Å². The SMILES string of the molecule is Cc1cc2ccccc2nc1NCC(N)c1ccccc1. The molecule has 0 bridgehead atoms. The zero-order valence-electron chi connectivity index (χ0n) is 12.1. The molecule has 3 rings (SSSR count). The first-order valence-corrected chi connectivity index (χ1v) is 7.15. The molecule has 0 saturated carbocycles. The van der Waals surface area contributed by atoms with Crippen molar-refractivity contribution < 1.29 is 0 Å². The number of anilines is 1. The van der Waals surface area contributed by atoms with E-state index in [4.69, 9.17) is 5.73 Å². The Balaban J connectivity index is 1.77. The normalized spacial score (nSPS) is 12.3. The molecule has 1 unspecified atom stereocenters. The summed E-state index contributed by atoms with van der Waals surface area (Å²) in [5.74, 6) is 0.903. The predicted octanol–water partition coefficient (Wildman–Crippen LogP) is 3.66. The summed E-state index contributed by atoms with van der Waals surface area (Å²) in [5.41, 5.74) is 9.48. The van der Waals surface area contributed by atoms with E-state index in [9.17, 15) is 0 Å². The molecule has 3 nitrogen and oxygen atoms in total. The summed E-state index contributed by atoms with van der Waals surface area (Å²) >= 11 is 0. The highest BCUT2D eigenvalue weighted by atomic mass is 15.0. The number of nitrogens with zero attached hydrogens (tertiary/aromatic N) is 1. The summed E-state index contributed by atoms with van der Waals surface area (Å²) in [4.78, 5) is 4.67. The first-order chi connectivity index (χ1) is 10.2. The zero-order chi connectivity index (χ0) is 14.7. The van der Waals surface area contributed by atoms with Crippen LogP contribution in [-0.4, -0.2) is 11.5 Å². The van der Waals surface area contributed by atoms with Crippen LogP contribution in [0.4, 0.5) is 5.82 Å². The fourth-order valence-electron chi connectivity index (χ4n) is 2.43. The van der Waals surface area contributed by atoms with E-state index < -0.39 is 0 Å². The maximum Gasteiger partial charge on any atom is 0.129 e. The van der Waals surface area contributed by atoms with E-state index in [-0.39, 0.29) is 6.04 Å². The summed E-state index contributed by atoms with van der Waals surface area (Å²) in [6, 6.07) is 20.4. The minimum absolute atomic E-state index is 0.0427. The molecule has 3 N–H and O–H groups in total. The molecule has 1 heterocycles. The van der Waals surface area contributed by atoms with Crippen LogP contribution in [0.3, 0.4) is 0 Å². The minimum atomic E-state index is -0.0427. The Morgan fingerprint density at radius 2 is 1.76 bits per heavy atom. The lowest BCUT2D eigenvalue weighted by atomic mass is 10.1. The van der Waals surface area contributed by atoms with Gasteiger partial charge < -0.3 is 11.1 Å². The average molecular weight is 277 g/mol. The molecule has 1 aromatic heterocycles. The van der Waals surface area contributed by atoms with Gasteiger partial charge in [0.15, 0.2) is 0 Å². The van der Waals surface area contributed by atoms with E-state index in [1.165, 1.54) is 0 Å². The molecule has 0 spiro atoms. The number of fused-ring (bicyclic) bond motifs is 1. The number of aryl methyl sites for hydroxylation is 1. The van der Waals surface area contributed by atoms with Gasteiger partial charge in [-0.1, -0.05) is 48.5 Å². The van der Waals surface area contributed by atoms with Gasteiger partial charge in [-0.05, 0) is 30.2 Å². The van der Waals surface area contributed by atoms with Crippen LogP contribution in [0, 0.1) is 6.92 Å². The molecule has 0 saturated heterocycles. The first-order valence-electron chi connectivity index (χ1n) is 7.15. The van der Waals surface area contributed by atoms with Gasteiger partial charge in [-0.15, -0.1) is 0 Å². The highest BCUT2D eigenvalue weighted by Crippen LogP contribution is 2.20. The number of aromatic nitrogens is 1. The number of benzene rings is 2. The maximum atomic E-state index is 6.22. The topological polar surface area (TPSA) is 50.9 Å². The number of pyridine rings is 1. The van der Waals surface area contributed by atoms with E-state index in [1.807, 2.05) is 48.5 Å². The van der Waals surface area contributed by atoms with Crippen molar-refractivity contribution in [3.05, 3.63) is 71.8 Å². The van der Waals surface area contributed by atoms with Gasteiger partial charge in [-0.2, -0.15) is 0 Å². The van der Waals surface area contributed by atoms with Crippen LogP contribution in [-0.2, 0) is 0 Å². The van der Waals surface area contributed by atoms with Crippen molar-refractivity contribution in [3.63, 3.8) is 0 Å². The summed E-state index contributed by atoms with van der Waals surface area (Å²) in [5, 5.41) is 4.53. The number of nitrogens with two attached hydrogens (primary N) is 1. The second-order valence-corrected chi connectivity index (χ2v) is 5.24. The standard InChI is InChI=1S/C18H19N3/c1-13-11-15-9-5-6-10-17(15)21-18(13)20-12-16(19)14-7-3-2-4-8-14/h2-11,16H,12,19H2,1H3,(H,20,21). The van der Waals surface area contributed by atoms with Crippen LogP contribution < -0.4 is 11.1 Å². The van der Waals surface area contributed by atoms with Gasteiger partial charge in [0.25, 0.3) is 0 Å². The molecule has 3 heteroatoms. The summed E-state index contributed by atoms with van der Waals surface area (Å²) in [6.45, 7) is 2.73. The van der Waals surface area contributed by atoms with Crippen molar-refractivity contribution in [2.45, 2.75) is 13.0 Å². The fraction of sp³-hybridized carbons (Fsp3) is 0.167. The largest absolute Gasteiger partial charge is 0.368 e. The van der Waals surface area contributed by atoms with E-state index in [2.05, 4.69) is 29.4 Å². The lowest BCUT2D eigenvalue weighted by Gasteiger charge is -2.15. The van der Waals surface area contributed by atoms with Gasteiger partial charge in [0.2, 0.25) is 0 Å². The number of hydrogen-bond acceptors (Lipinski definition) is 3. The number of para-hydroxylation sites is 1. The van der Waals surface area contributed by atoms with Gasteiger partial charge in [-0.3, -0.25) is 0 Å². The fourth-order valence-corrected chi connectivity index (χ4v) is 2.43. The monoisotopic (exact) mass is 277 g/mol. The van der Waals surface area contributed by atoms with Crippen LogP contribution in [0.2, 0.25) is 0 Å². The highest BCUT2D eigenvalue weighted by Gasteiger charge is 2.07. The molecule has 0 radical (unpaired) electrons. The molecule has 21 heavy (non-hydrogen) atoms. The molecule has 0 aliphatic rings. The van der Waals surface area contributed by atoms with Crippen molar-refractivity contribution in [1.82, 2.24) is 4.98 Å². The van der Waals surface area contributed by atoms with Crippen LogP contribution in [0.25, 0.3) is 10.9 Å². The molecule has 0 fully saturated rings. The van der Waals surface area contributed by atoms with Crippen molar-refractivity contribution in [3.8, 4) is 0 Å². The lowest BCUT2D eigenvalue weighted by Crippen LogP contribution is -2.21. The zero-order valence-corrected chi connectivity index (χ0v) is 12.1. The quantitative estimate of drug-likeness (QED) is 0.765. The molecular weight excluding hydrogens is 258 g/mol. The molecule has 0 amide bonds. The third kappa shape index (κ3) is 3.03. The Morgan fingerprint density at radius 3 is 2.57 bits per heavy atom. The molecule has 3 aromatic rings. The van der Waals surface area contributed by atoms with Crippen LogP contribution in [0.1, 0.15) is 17.2 Å². The Kier molecular flexibility index (Phi) is 3.84. The molecule has 0 aliphatic heterocycles. The molecule has 2 aromatic carbocycles. The first kappa shape index (κ1) is 13.6. The minimum Gasteiger partial charge on any atom is -0.368 e. The van der Waals surface area contributed by atoms with E-state index in [0.717, 1.165) is 27.8 Å².